The Labute approximate surface area is 109 Å². The summed E-state index contributed by atoms with van der Waals surface area (Å²) in [5, 5.41) is 0.927. The van der Waals surface area contributed by atoms with Crippen LogP contribution in [0.15, 0.2) is 36.4 Å². The Morgan fingerprint density at radius 1 is 0.882 bits per heavy atom. The number of carbonyl (C=O) groups is 1. The standard InChI is InChI=1S/C14H8Cl2O/c15-12-6-9-5-8-3-1-2-4-10(8)14(17)11(9)7-13(12)16/h1-4,6-7H,5H2. The fourth-order valence-electron chi connectivity index (χ4n) is 2.19. The number of carbonyl (C=O) groups excluding carboxylic acids is 1. The predicted molar refractivity (Wildman–Crippen MR) is 69.1 cm³/mol. The normalized spacial score (nSPS) is 13.2. The van der Waals surface area contributed by atoms with Crippen LogP contribution in [0.2, 0.25) is 10.0 Å². The Morgan fingerprint density at radius 2 is 1.59 bits per heavy atom. The molecule has 0 unspecified atom stereocenters. The largest absolute Gasteiger partial charge is 0.289 e. The third-order valence-corrected chi connectivity index (χ3v) is 3.76. The van der Waals surface area contributed by atoms with Gasteiger partial charge in [-0.1, -0.05) is 47.5 Å². The van der Waals surface area contributed by atoms with Gasteiger partial charge in [-0.3, -0.25) is 4.79 Å². The summed E-state index contributed by atoms with van der Waals surface area (Å²) in [4.78, 5) is 12.3. The number of hydrogen-bond donors (Lipinski definition) is 0. The molecule has 0 amide bonds. The molecule has 2 aromatic carbocycles. The summed E-state index contributed by atoms with van der Waals surface area (Å²) in [5.74, 6) is 0.0282. The first-order valence-corrected chi connectivity index (χ1v) is 6.03. The molecule has 84 valence electrons. The molecule has 3 heteroatoms. The number of benzene rings is 2. The fourth-order valence-corrected chi connectivity index (χ4v) is 2.54. The smallest absolute Gasteiger partial charge is 0.193 e. The lowest BCUT2D eigenvalue weighted by molar-refractivity contribution is 0.103. The van der Waals surface area contributed by atoms with Crippen molar-refractivity contribution in [2.45, 2.75) is 6.42 Å². The molecule has 0 spiro atoms. The first-order chi connectivity index (χ1) is 8.16. The van der Waals surface area contributed by atoms with E-state index in [1.165, 1.54) is 0 Å². The van der Waals surface area contributed by atoms with Crippen LogP contribution in [0.25, 0.3) is 0 Å². The van der Waals surface area contributed by atoms with Gasteiger partial charge in [-0.15, -0.1) is 0 Å². The average molecular weight is 263 g/mol. The van der Waals surface area contributed by atoms with Crippen LogP contribution in [0.3, 0.4) is 0 Å². The van der Waals surface area contributed by atoms with Crippen LogP contribution in [0, 0.1) is 0 Å². The van der Waals surface area contributed by atoms with Gasteiger partial charge in [-0.2, -0.15) is 0 Å². The summed E-state index contributed by atoms with van der Waals surface area (Å²) < 4.78 is 0. The zero-order chi connectivity index (χ0) is 12.0. The van der Waals surface area contributed by atoms with Gasteiger partial charge in [0.05, 0.1) is 10.0 Å². The number of halogens is 2. The number of hydrogen-bond acceptors (Lipinski definition) is 1. The SMILES string of the molecule is O=C1c2ccccc2Cc2cc(Cl)c(Cl)cc21. The molecule has 0 atom stereocenters. The highest BCUT2D eigenvalue weighted by Crippen LogP contribution is 2.32. The lowest BCUT2D eigenvalue weighted by atomic mass is 9.85. The van der Waals surface area contributed by atoms with Gasteiger partial charge in [0.2, 0.25) is 0 Å². The van der Waals surface area contributed by atoms with Crippen molar-refractivity contribution in [3.05, 3.63) is 68.7 Å². The molecule has 0 heterocycles. The zero-order valence-corrected chi connectivity index (χ0v) is 10.3. The van der Waals surface area contributed by atoms with Crippen LogP contribution in [0.5, 0.6) is 0 Å². The van der Waals surface area contributed by atoms with Gasteiger partial charge < -0.3 is 0 Å². The van der Waals surface area contributed by atoms with Crippen LogP contribution in [0.1, 0.15) is 27.0 Å². The van der Waals surface area contributed by atoms with Crippen molar-refractivity contribution in [1.82, 2.24) is 0 Å². The summed E-state index contributed by atoms with van der Waals surface area (Å²) in [6.07, 6.45) is 0.730. The molecule has 17 heavy (non-hydrogen) atoms. The van der Waals surface area contributed by atoms with E-state index in [4.69, 9.17) is 23.2 Å². The molecule has 0 N–H and O–H groups in total. The van der Waals surface area contributed by atoms with Crippen LogP contribution in [0.4, 0.5) is 0 Å². The number of ketones is 1. The van der Waals surface area contributed by atoms with Crippen LogP contribution >= 0.6 is 23.2 Å². The third kappa shape index (κ3) is 1.67. The number of rotatable bonds is 0. The topological polar surface area (TPSA) is 17.1 Å². The maximum atomic E-state index is 12.3. The highest BCUT2D eigenvalue weighted by atomic mass is 35.5. The maximum Gasteiger partial charge on any atom is 0.193 e. The molecule has 0 fully saturated rings. The minimum atomic E-state index is 0.0282. The van der Waals surface area contributed by atoms with E-state index in [1.807, 2.05) is 24.3 Å². The van der Waals surface area contributed by atoms with Crippen molar-refractivity contribution in [1.29, 1.82) is 0 Å². The lowest BCUT2D eigenvalue weighted by Gasteiger charge is -2.18. The molecule has 0 radical (unpaired) electrons. The quantitative estimate of drug-likeness (QED) is 0.596. The van der Waals surface area contributed by atoms with Crippen molar-refractivity contribution in [3.63, 3.8) is 0 Å². The maximum absolute atomic E-state index is 12.3. The Bertz CT molecular complexity index is 632. The summed E-state index contributed by atoms with van der Waals surface area (Å²) in [6.45, 7) is 0. The van der Waals surface area contributed by atoms with E-state index in [0.29, 0.717) is 15.6 Å². The minimum absolute atomic E-state index is 0.0282. The van der Waals surface area contributed by atoms with Crippen molar-refractivity contribution >= 4 is 29.0 Å². The second-order valence-corrected chi connectivity index (χ2v) is 4.90. The zero-order valence-electron chi connectivity index (χ0n) is 8.84. The average Bonchev–Trinajstić information content (AvgIpc) is 2.32. The van der Waals surface area contributed by atoms with Crippen molar-refractivity contribution in [2.24, 2.45) is 0 Å². The van der Waals surface area contributed by atoms with E-state index >= 15 is 0 Å². The Balaban J connectivity index is 2.23. The molecule has 0 bridgehead atoms. The molecule has 0 aromatic heterocycles. The highest BCUT2D eigenvalue weighted by molar-refractivity contribution is 6.42. The van der Waals surface area contributed by atoms with E-state index < -0.39 is 0 Å². The second-order valence-electron chi connectivity index (χ2n) is 4.09. The van der Waals surface area contributed by atoms with Crippen molar-refractivity contribution < 1.29 is 4.79 Å². The lowest BCUT2D eigenvalue weighted by Crippen LogP contribution is -2.14. The summed E-state index contributed by atoms with van der Waals surface area (Å²) in [6, 6.07) is 11.1. The van der Waals surface area contributed by atoms with Crippen molar-refractivity contribution in [3.8, 4) is 0 Å². The Morgan fingerprint density at radius 3 is 2.41 bits per heavy atom. The van der Waals surface area contributed by atoms with Gasteiger partial charge in [0.25, 0.3) is 0 Å². The third-order valence-electron chi connectivity index (χ3n) is 3.03. The molecule has 1 aliphatic carbocycles. The van der Waals surface area contributed by atoms with Gasteiger partial charge in [-0.25, -0.2) is 0 Å². The molecule has 1 aliphatic rings. The summed E-state index contributed by atoms with van der Waals surface area (Å²) in [5.41, 5.74) is 3.42. The van der Waals surface area contributed by atoms with E-state index in [1.54, 1.807) is 12.1 Å². The second kappa shape index (κ2) is 3.86. The molecule has 1 nitrogen and oxygen atoms in total. The predicted octanol–water partition coefficient (Wildman–Crippen LogP) is 4.13. The minimum Gasteiger partial charge on any atom is -0.289 e. The van der Waals surface area contributed by atoms with Crippen LogP contribution in [-0.2, 0) is 6.42 Å². The fraction of sp³-hybridized carbons (Fsp3) is 0.0714. The number of fused-ring (bicyclic) bond motifs is 2. The first kappa shape index (κ1) is 10.8. The highest BCUT2D eigenvalue weighted by Gasteiger charge is 2.23. The Hall–Kier alpha value is -1.31. The Kier molecular flexibility index (Phi) is 2.46. The molecule has 3 rings (SSSR count). The van der Waals surface area contributed by atoms with Gasteiger partial charge in [-0.05, 0) is 29.7 Å². The van der Waals surface area contributed by atoms with Gasteiger partial charge >= 0.3 is 0 Å². The van der Waals surface area contributed by atoms with Gasteiger partial charge in [0.15, 0.2) is 5.78 Å². The van der Waals surface area contributed by atoms with E-state index in [-0.39, 0.29) is 5.78 Å². The van der Waals surface area contributed by atoms with E-state index in [9.17, 15) is 4.79 Å². The van der Waals surface area contributed by atoms with Gasteiger partial charge in [0, 0.05) is 11.1 Å². The van der Waals surface area contributed by atoms with Gasteiger partial charge in [0.1, 0.15) is 0 Å². The van der Waals surface area contributed by atoms with E-state index in [0.717, 1.165) is 23.1 Å². The summed E-state index contributed by atoms with van der Waals surface area (Å²) in [7, 11) is 0. The molecule has 2 aromatic rings. The van der Waals surface area contributed by atoms with Crippen LogP contribution < -0.4 is 0 Å². The van der Waals surface area contributed by atoms with Crippen LogP contribution in [-0.4, -0.2) is 5.78 Å². The monoisotopic (exact) mass is 262 g/mol. The molecule has 0 saturated carbocycles. The first-order valence-electron chi connectivity index (χ1n) is 5.27. The van der Waals surface area contributed by atoms with Crippen molar-refractivity contribution in [2.75, 3.05) is 0 Å². The summed E-state index contributed by atoms with van der Waals surface area (Å²) >= 11 is 11.9. The van der Waals surface area contributed by atoms with E-state index in [2.05, 4.69) is 0 Å². The molecular weight excluding hydrogens is 255 g/mol. The molecule has 0 saturated heterocycles. The molecular formula is C14H8Cl2O. The molecule has 0 aliphatic heterocycles.